The summed E-state index contributed by atoms with van der Waals surface area (Å²) in [5, 5.41) is 33.2. The maximum atomic E-state index is 12.2. The topological polar surface area (TPSA) is 116 Å². The van der Waals surface area contributed by atoms with Crippen LogP contribution in [0.4, 0.5) is 0 Å². The van der Waals surface area contributed by atoms with Crippen molar-refractivity contribution in [1.82, 2.24) is 5.32 Å². The van der Waals surface area contributed by atoms with Crippen molar-refractivity contribution in [2.75, 3.05) is 6.54 Å². The minimum atomic E-state index is -1.89. The molecule has 2 aliphatic rings. The summed E-state index contributed by atoms with van der Waals surface area (Å²) in [7, 11) is 0. The van der Waals surface area contributed by atoms with Gasteiger partial charge >= 0.3 is 5.97 Å². The molecule has 1 unspecified atom stereocenters. The molecule has 1 fully saturated rings. The molecular weight excluding hydrogens is 278 g/mol. The summed E-state index contributed by atoms with van der Waals surface area (Å²) in [6.45, 7) is 1.71. The van der Waals surface area contributed by atoms with Gasteiger partial charge in [-0.05, 0) is 6.42 Å². The first kappa shape index (κ1) is 15.9. The van der Waals surface area contributed by atoms with Gasteiger partial charge in [0.25, 0.3) is 5.91 Å². The highest BCUT2D eigenvalue weighted by molar-refractivity contribution is 5.85. The summed E-state index contributed by atoms with van der Waals surface area (Å²) >= 11 is 0. The van der Waals surface area contributed by atoms with E-state index in [1.807, 2.05) is 0 Å². The van der Waals surface area contributed by atoms with Crippen molar-refractivity contribution < 1.29 is 29.6 Å². The van der Waals surface area contributed by atoms with Crippen molar-refractivity contribution in [3.8, 4) is 0 Å². The van der Waals surface area contributed by atoms with E-state index < -0.39 is 41.7 Å². The Kier molecular flexibility index (Phi) is 4.65. The second kappa shape index (κ2) is 6.13. The molecule has 2 bridgehead atoms. The molecule has 1 heterocycles. The van der Waals surface area contributed by atoms with Gasteiger partial charge in [-0.2, -0.15) is 0 Å². The number of rotatable bonds is 0. The lowest BCUT2D eigenvalue weighted by molar-refractivity contribution is -0.206. The molecule has 4 N–H and O–H groups in total. The van der Waals surface area contributed by atoms with E-state index in [1.165, 1.54) is 6.92 Å². The van der Waals surface area contributed by atoms with Crippen LogP contribution in [0.1, 0.15) is 26.2 Å². The van der Waals surface area contributed by atoms with Gasteiger partial charge in [-0.3, -0.25) is 9.59 Å². The lowest BCUT2D eigenvalue weighted by Gasteiger charge is -2.45. The molecule has 7 heteroatoms. The van der Waals surface area contributed by atoms with E-state index in [0.717, 1.165) is 0 Å². The summed E-state index contributed by atoms with van der Waals surface area (Å²) < 4.78 is 5.12. The number of fused-ring (bicyclic) bond motifs is 2. The molecule has 1 saturated carbocycles. The van der Waals surface area contributed by atoms with Gasteiger partial charge in [0.15, 0.2) is 5.60 Å². The standard InChI is InChI=1S/C14H21NO6/c1-8-11(17)12(18)9-7-14(8,20)13(19)15-6-4-2-3-5-10(16)21-9/h2,4,8-9,11-12,17-18,20H,3,5-7H2,1H3,(H,15,19)/b4-2+/t8?,9-,11-,12+,14-/m1/s1. The van der Waals surface area contributed by atoms with Gasteiger partial charge in [0, 0.05) is 25.3 Å². The Balaban J connectivity index is 2.30. The van der Waals surface area contributed by atoms with E-state index >= 15 is 0 Å². The summed E-state index contributed by atoms with van der Waals surface area (Å²) in [5.74, 6) is -2.06. The number of hydrogen-bond donors (Lipinski definition) is 4. The number of ether oxygens (including phenoxy) is 1. The third-order valence-corrected chi connectivity index (χ3v) is 4.25. The molecule has 0 aromatic heterocycles. The lowest BCUT2D eigenvalue weighted by Crippen LogP contribution is -2.64. The number of hydrogen-bond acceptors (Lipinski definition) is 6. The summed E-state index contributed by atoms with van der Waals surface area (Å²) in [5.41, 5.74) is -1.89. The van der Waals surface area contributed by atoms with Crippen molar-refractivity contribution in [2.45, 2.75) is 50.1 Å². The third kappa shape index (κ3) is 3.09. The molecule has 1 aliphatic carbocycles. The molecule has 1 amide bonds. The zero-order valence-electron chi connectivity index (χ0n) is 11.9. The van der Waals surface area contributed by atoms with Gasteiger partial charge in [0.2, 0.25) is 0 Å². The Morgan fingerprint density at radius 3 is 2.71 bits per heavy atom. The predicted octanol–water partition coefficient (Wildman–Crippen LogP) is -1.14. The number of nitrogens with one attached hydrogen (secondary N) is 1. The molecule has 0 aromatic carbocycles. The fourth-order valence-electron chi connectivity index (χ4n) is 2.76. The van der Waals surface area contributed by atoms with E-state index in [0.29, 0.717) is 6.42 Å². The highest BCUT2D eigenvalue weighted by Gasteiger charge is 2.55. The summed E-state index contributed by atoms with van der Waals surface area (Å²) in [6.07, 6.45) is -0.0138. The molecule has 118 valence electrons. The van der Waals surface area contributed by atoms with E-state index in [4.69, 9.17) is 4.74 Å². The van der Waals surface area contributed by atoms with Crippen LogP contribution in [0.5, 0.6) is 0 Å². The highest BCUT2D eigenvalue weighted by Crippen LogP contribution is 2.36. The lowest BCUT2D eigenvalue weighted by atomic mass is 9.71. The van der Waals surface area contributed by atoms with Crippen LogP contribution in [0.25, 0.3) is 0 Å². The SMILES string of the molecule is CC1[C@@H](O)[C@@H](O)[C@H]2C[C@]1(O)C(=O)NC/C=C/CCC(=O)O2. The van der Waals surface area contributed by atoms with Crippen LogP contribution in [-0.4, -0.2) is 57.7 Å². The number of amides is 1. The van der Waals surface area contributed by atoms with E-state index in [9.17, 15) is 24.9 Å². The Labute approximate surface area is 122 Å². The molecule has 2 rings (SSSR count). The van der Waals surface area contributed by atoms with Crippen LogP contribution in [0, 0.1) is 5.92 Å². The molecular formula is C14H21NO6. The molecule has 5 atom stereocenters. The van der Waals surface area contributed by atoms with Crippen LogP contribution in [0.2, 0.25) is 0 Å². The zero-order chi connectivity index (χ0) is 15.6. The van der Waals surface area contributed by atoms with Crippen LogP contribution >= 0.6 is 0 Å². The first-order valence-corrected chi connectivity index (χ1v) is 7.07. The number of carbonyl (C=O) groups is 2. The first-order valence-electron chi connectivity index (χ1n) is 7.07. The Hall–Kier alpha value is -1.44. The Bertz CT molecular complexity index is 451. The average molecular weight is 299 g/mol. The number of esters is 1. The third-order valence-electron chi connectivity index (χ3n) is 4.25. The molecule has 7 nitrogen and oxygen atoms in total. The van der Waals surface area contributed by atoms with E-state index in [2.05, 4.69) is 5.32 Å². The number of allylic oxidation sites excluding steroid dienone is 1. The van der Waals surface area contributed by atoms with E-state index in [-0.39, 0.29) is 19.4 Å². The molecule has 0 saturated heterocycles. The van der Waals surface area contributed by atoms with E-state index in [1.54, 1.807) is 12.2 Å². The van der Waals surface area contributed by atoms with Crippen molar-refractivity contribution in [3.05, 3.63) is 12.2 Å². The van der Waals surface area contributed by atoms with Crippen LogP contribution < -0.4 is 5.32 Å². The average Bonchev–Trinajstić information content (AvgIpc) is 2.44. The predicted molar refractivity (Wildman–Crippen MR) is 72.0 cm³/mol. The van der Waals surface area contributed by atoms with Gasteiger partial charge in [0.05, 0.1) is 6.10 Å². The number of aliphatic hydroxyl groups is 3. The second-order valence-electron chi connectivity index (χ2n) is 5.65. The van der Waals surface area contributed by atoms with Gasteiger partial charge < -0.3 is 25.4 Å². The van der Waals surface area contributed by atoms with Gasteiger partial charge in [0.1, 0.15) is 12.2 Å². The minimum absolute atomic E-state index is 0.137. The zero-order valence-corrected chi connectivity index (χ0v) is 11.9. The molecule has 1 aliphatic heterocycles. The van der Waals surface area contributed by atoms with Crippen molar-refractivity contribution >= 4 is 11.9 Å². The van der Waals surface area contributed by atoms with Crippen molar-refractivity contribution in [2.24, 2.45) is 5.92 Å². The molecule has 0 aromatic rings. The Morgan fingerprint density at radius 2 is 2.00 bits per heavy atom. The number of aliphatic hydroxyl groups excluding tert-OH is 2. The maximum absolute atomic E-state index is 12.2. The Morgan fingerprint density at radius 1 is 1.29 bits per heavy atom. The largest absolute Gasteiger partial charge is 0.459 e. The normalized spacial score (nSPS) is 43.0. The van der Waals surface area contributed by atoms with Gasteiger partial charge in [-0.25, -0.2) is 0 Å². The van der Waals surface area contributed by atoms with Crippen LogP contribution in [0.15, 0.2) is 12.2 Å². The summed E-state index contributed by atoms with van der Waals surface area (Å²) in [4.78, 5) is 23.9. The molecule has 0 spiro atoms. The second-order valence-corrected chi connectivity index (χ2v) is 5.65. The number of carbonyl (C=O) groups excluding carboxylic acids is 2. The van der Waals surface area contributed by atoms with Crippen LogP contribution in [0.3, 0.4) is 0 Å². The first-order chi connectivity index (χ1) is 9.86. The van der Waals surface area contributed by atoms with Crippen molar-refractivity contribution in [1.29, 1.82) is 0 Å². The molecule has 0 radical (unpaired) electrons. The highest BCUT2D eigenvalue weighted by atomic mass is 16.6. The van der Waals surface area contributed by atoms with Crippen LogP contribution in [-0.2, 0) is 14.3 Å². The quantitative estimate of drug-likeness (QED) is 0.332. The fourth-order valence-corrected chi connectivity index (χ4v) is 2.76. The minimum Gasteiger partial charge on any atom is -0.459 e. The monoisotopic (exact) mass is 299 g/mol. The smallest absolute Gasteiger partial charge is 0.306 e. The van der Waals surface area contributed by atoms with Gasteiger partial charge in [-0.1, -0.05) is 19.1 Å². The summed E-state index contributed by atoms with van der Waals surface area (Å²) in [6, 6.07) is 0. The van der Waals surface area contributed by atoms with Gasteiger partial charge in [-0.15, -0.1) is 0 Å². The maximum Gasteiger partial charge on any atom is 0.306 e. The van der Waals surface area contributed by atoms with Crippen molar-refractivity contribution in [3.63, 3.8) is 0 Å². The molecule has 21 heavy (non-hydrogen) atoms. The fraction of sp³-hybridized carbons (Fsp3) is 0.714.